The van der Waals surface area contributed by atoms with E-state index in [0.29, 0.717) is 35.7 Å². The van der Waals surface area contributed by atoms with Crippen molar-refractivity contribution in [3.63, 3.8) is 0 Å². The average Bonchev–Trinajstić information content (AvgIpc) is 2.78. The molecule has 7 nitrogen and oxygen atoms in total. The third-order valence-electron chi connectivity index (χ3n) is 5.50. The molecule has 31 heavy (non-hydrogen) atoms. The van der Waals surface area contributed by atoms with Gasteiger partial charge >= 0.3 is 11.6 Å². The van der Waals surface area contributed by atoms with E-state index < -0.39 is 11.6 Å². The van der Waals surface area contributed by atoms with Crippen LogP contribution in [0.3, 0.4) is 0 Å². The van der Waals surface area contributed by atoms with Crippen LogP contribution < -0.4 is 10.4 Å². The Morgan fingerprint density at radius 3 is 2.32 bits per heavy atom. The number of para-hydroxylation sites is 1. The number of fused-ring (bicyclic) bond motifs is 1. The quantitative estimate of drug-likeness (QED) is 0.366. The van der Waals surface area contributed by atoms with Crippen molar-refractivity contribution in [2.24, 2.45) is 0 Å². The molecule has 1 aliphatic heterocycles. The molecule has 0 N–H and O–H groups in total. The normalized spacial score (nSPS) is 14.7. The summed E-state index contributed by atoms with van der Waals surface area (Å²) in [5.41, 5.74) is 0.00192. The van der Waals surface area contributed by atoms with E-state index in [1.807, 2.05) is 4.90 Å². The molecule has 0 bridgehead atoms. The molecule has 0 spiro atoms. The Labute approximate surface area is 179 Å². The molecule has 0 unspecified atom stereocenters. The number of nitrogens with zero attached hydrogens (tertiary/aromatic N) is 2. The Morgan fingerprint density at radius 1 is 0.968 bits per heavy atom. The fourth-order valence-corrected chi connectivity index (χ4v) is 3.66. The summed E-state index contributed by atoms with van der Waals surface area (Å²) in [5.74, 6) is -0.599. The molecule has 2 aromatic carbocycles. The van der Waals surface area contributed by atoms with Crippen LogP contribution in [0.25, 0.3) is 11.0 Å². The molecular weight excluding hydrogens is 396 g/mol. The van der Waals surface area contributed by atoms with Gasteiger partial charge < -0.3 is 14.1 Å². The van der Waals surface area contributed by atoms with Crippen molar-refractivity contribution in [3.8, 4) is 5.75 Å². The number of rotatable bonds is 4. The summed E-state index contributed by atoms with van der Waals surface area (Å²) in [6.07, 6.45) is 0. The van der Waals surface area contributed by atoms with Crippen molar-refractivity contribution in [1.82, 2.24) is 9.80 Å². The molecule has 0 saturated carbocycles. The maximum Gasteiger partial charge on any atom is 0.351 e. The smallest absolute Gasteiger partial charge is 0.351 e. The van der Waals surface area contributed by atoms with Gasteiger partial charge in [-0.25, -0.2) is 9.59 Å². The maximum absolute atomic E-state index is 12.7. The van der Waals surface area contributed by atoms with Gasteiger partial charge in [0.2, 0.25) is 0 Å². The zero-order chi connectivity index (χ0) is 22.0. The van der Waals surface area contributed by atoms with Crippen molar-refractivity contribution in [1.29, 1.82) is 0 Å². The highest BCUT2D eigenvalue weighted by Gasteiger charge is 2.23. The molecule has 2 heterocycles. The second-order valence-corrected chi connectivity index (χ2v) is 7.82. The fraction of sp³-hybridized carbons (Fsp3) is 0.292. The lowest BCUT2D eigenvalue weighted by atomic mass is 10.1. The number of hydrogen-bond donors (Lipinski definition) is 0. The maximum atomic E-state index is 12.7. The standard InChI is InChI=1S/C24H24N2O5/c1-16(2)25-11-13-26(14-12-25)22(27)17-7-9-19(10-8-17)30-23(28)20-15-18-5-3-4-6-21(18)31-24(20)29/h3-10,15-16H,11-14H2,1-2H3. The molecule has 1 saturated heterocycles. The van der Waals surface area contributed by atoms with E-state index in [1.54, 1.807) is 48.5 Å². The molecular formula is C24H24N2O5. The number of ether oxygens (including phenoxy) is 1. The molecule has 1 fully saturated rings. The number of hydrogen-bond acceptors (Lipinski definition) is 6. The van der Waals surface area contributed by atoms with E-state index in [9.17, 15) is 14.4 Å². The molecule has 7 heteroatoms. The van der Waals surface area contributed by atoms with Crippen molar-refractivity contribution in [2.45, 2.75) is 19.9 Å². The van der Waals surface area contributed by atoms with Crippen LogP contribution in [-0.2, 0) is 0 Å². The van der Waals surface area contributed by atoms with Crippen molar-refractivity contribution < 1.29 is 18.7 Å². The van der Waals surface area contributed by atoms with E-state index in [4.69, 9.17) is 9.15 Å². The molecule has 4 rings (SSSR count). The molecule has 160 valence electrons. The Hall–Kier alpha value is -3.45. The highest BCUT2D eigenvalue weighted by Crippen LogP contribution is 2.18. The first kappa shape index (κ1) is 20.8. The number of carbonyl (C=O) groups is 2. The van der Waals surface area contributed by atoms with Gasteiger partial charge in [0.1, 0.15) is 16.9 Å². The number of piperazine rings is 1. The summed E-state index contributed by atoms with van der Waals surface area (Å²) in [6.45, 7) is 7.39. The van der Waals surface area contributed by atoms with Crippen LogP contribution in [0.2, 0.25) is 0 Å². The van der Waals surface area contributed by atoms with Gasteiger partial charge in [-0.15, -0.1) is 0 Å². The Balaban J connectivity index is 1.43. The van der Waals surface area contributed by atoms with Gasteiger partial charge in [-0.3, -0.25) is 9.69 Å². The van der Waals surface area contributed by atoms with Crippen molar-refractivity contribution in [2.75, 3.05) is 26.2 Å². The summed E-state index contributed by atoms with van der Waals surface area (Å²) in [5, 5.41) is 0.632. The number of carbonyl (C=O) groups excluding carboxylic acids is 2. The lowest BCUT2D eigenvalue weighted by Gasteiger charge is -2.37. The van der Waals surface area contributed by atoms with Gasteiger partial charge in [-0.2, -0.15) is 0 Å². The van der Waals surface area contributed by atoms with Crippen LogP contribution >= 0.6 is 0 Å². The van der Waals surface area contributed by atoms with Gasteiger partial charge in [-0.1, -0.05) is 18.2 Å². The minimum atomic E-state index is -0.802. The van der Waals surface area contributed by atoms with Crippen LogP contribution in [0.4, 0.5) is 0 Å². The molecule has 3 aromatic rings. The number of esters is 1. The highest BCUT2D eigenvalue weighted by atomic mass is 16.5. The summed E-state index contributed by atoms with van der Waals surface area (Å²) < 4.78 is 10.5. The summed E-state index contributed by atoms with van der Waals surface area (Å²) in [6, 6.07) is 15.2. The predicted octanol–water partition coefficient (Wildman–Crippen LogP) is 3.18. The first-order chi connectivity index (χ1) is 14.9. The lowest BCUT2D eigenvalue weighted by molar-refractivity contribution is 0.0595. The largest absolute Gasteiger partial charge is 0.423 e. The van der Waals surface area contributed by atoms with Crippen LogP contribution in [0.15, 0.2) is 63.8 Å². The molecule has 0 aliphatic carbocycles. The highest BCUT2D eigenvalue weighted by molar-refractivity contribution is 5.95. The first-order valence-electron chi connectivity index (χ1n) is 10.3. The Kier molecular flexibility index (Phi) is 5.86. The van der Waals surface area contributed by atoms with Gasteiger partial charge in [0.25, 0.3) is 5.91 Å². The van der Waals surface area contributed by atoms with Crippen LogP contribution in [0.5, 0.6) is 5.75 Å². The van der Waals surface area contributed by atoms with Gasteiger partial charge in [-0.05, 0) is 50.2 Å². The zero-order valence-electron chi connectivity index (χ0n) is 17.5. The first-order valence-corrected chi connectivity index (χ1v) is 10.3. The third kappa shape index (κ3) is 4.51. The van der Waals surface area contributed by atoms with Gasteiger partial charge in [0.05, 0.1) is 0 Å². The Bertz CT molecular complexity index is 1160. The molecule has 0 radical (unpaired) electrons. The minimum absolute atomic E-state index is 0.0449. The molecule has 1 aliphatic rings. The predicted molar refractivity (Wildman–Crippen MR) is 116 cm³/mol. The molecule has 0 atom stereocenters. The van der Waals surface area contributed by atoms with Crippen molar-refractivity contribution >= 4 is 22.8 Å². The van der Waals surface area contributed by atoms with E-state index >= 15 is 0 Å². The van der Waals surface area contributed by atoms with Crippen molar-refractivity contribution in [3.05, 3.63) is 76.1 Å². The van der Waals surface area contributed by atoms with E-state index in [1.165, 1.54) is 6.07 Å². The fourth-order valence-electron chi connectivity index (χ4n) is 3.66. The van der Waals surface area contributed by atoms with Gasteiger partial charge in [0, 0.05) is 43.2 Å². The van der Waals surface area contributed by atoms with Crippen LogP contribution in [-0.4, -0.2) is 53.9 Å². The minimum Gasteiger partial charge on any atom is -0.423 e. The average molecular weight is 420 g/mol. The van der Waals surface area contributed by atoms with E-state index in [-0.39, 0.29) is 17.2 Å². The summed E-state index contributed by atoms with van der Waals surface area (Å²) in [7, 11) is 0. The lowest BCUT2D eigenvalue weighted by Crippen LogP contribution is -2.50. The second kappa shape index (κ2) is 8.73. The number of amides is 1. The van der Waals surface area contributed by atoms with Crippen LogP contribution in [0, 0.1) is 0 Å². The topological polar surface area (TPSA) is 80.1 Å². The zero-order valence-corrected chi connectivity index (χ0v) is 17.5. The summed E-state index contributed by atoms with van der Waals surface area (Å²) in [4.78, 5) is 41.5. The third-order valence-corrected chi connectivity index (χ3v) is 5.50. The second-order valence-electron chi connectivity index (χ2n) is 7.82. The monoisotopic (exact) mass is 420 g/mol. The van der Waals surface area contributed by atoms with E-state index in [2.05, 4.69) is 18.7 Å². The van der Waals surface area contributed by atoms with Gasteiger partial charge in [0.15, 0.2) is 0 Å². The molecule has 1 aromatic heterocycles. The molecule has 1 amide bonds. The SMILES string of the molecule is CC(C)N1CCN(C(=O)c2ccc(OC(=O)c3cc4ccccc4oc3=O)cc2)CC1. The van der Waals surface area contributed by atoms with E-state index in [0.717, 1.165) is 13.1 Å². The number of benzene rings is 2. The van der Waals surface area contributed by atoms with Crippen LogP contribution in [0.1, 0.15) is 34.6 Å². The Morgan fingerprint density at radius 2 is 1.65 bits per heavy atom. The summed E-state index contributed by atoms with van der Waals surface area (Å²) >= 11 is 0.